The molecule has 0 aliphatic heterocycles. The van der Waals surface area contributed by atoms with Crippen LogP contribution in [-0.4, -0.2) is 30.5 Å². The number of ether oxygens (including phenoxy) is 2. The number of carbonyl (C=O) groups excluding carboxylic acids is 2. The summed E-state index contributed by atoms with van der Waals surface area (Å²) < 4.78 is 26.6. The molecule has 202 valence electrons. The fourth-order valence-electron chi connectivity index (χ4n) is 5.02. The molecule has 2 atom stereocenters. The number of unbranched alkanes of at least 4 members (excludes halogenated alkanes) is 1. The minimum absolute atomic E-state index is 0.0318. The maximum Gasteiger partial charge on any atom is 0.309 e. The highest BCUT2D eigenvalue weighted by atomic mass is 32.1. The van der Waals surface area contributed by atoms with E-state index in [4.69, 9.17) is 9.47 Å². The van der Waals surface area contributed by atoms with Crippen molar-refractivity contribution in [3.05, 3.63) is 72.0 Å². The highest BCUT2D eigenvalue weighted by molar-refractivity contribution is 7.22. The molecular formula is C31H31FN2O4S. The minimum Gasteiger partial charge on any atom is -0.497 e. The van der Waals surface area contributed by atoms with Gasteiger partial charge < -0.3 is 14.8 Å². The molecule has 0 amide bonds. The van der Waals surface area contributed by atoms with Gasteiger partial charge in [-0.15, -0.1) is 0 Å². The number of thiazole rings is 1. The average molecular weight is 547 g/mol. The summed E-state index contributed by atoms with van der Waals surface area (Å²) in [4.78, 5) is 30.3. The lowest BCUT2D eigenvalue weighted by Gasteiger charge is -2.17. The first-order valence-corrected chi connectivity index (χ1v) is 14.1. The number of nitrogens with one attached hydrogen (secondary N) is 1. The molecule has 1 aliphatic rings. The highest BCUT2D eigenvalue weighted by Gasteiger charge is 2.39. The largest absolute Gasteiger partial charge is 0.497 e. The van der Waals surface area contributed by atoms with E-state index in [1.54, 1.807) is 25.3 Å². The Hall–Kier alpha value is -3.78. The molecule has 1 aliphatic carbocycles. The zero-order valence-corrected chi connectivity index (χ0v) is 22.9. The summed E-state index contributed by atoms with van der Waals surface area (Å²) in [7, 11) is 1.61. The van der Waals surface area contributed by atoms with Gasteiger partial charge in [-0.05, 0) is 60.7 Å². The molecule has 0 unspecified atom stereocenters. The van der Waals surface area contributed by atoms with E-state index in [1.807, 2.05) is 43.3 Å². The summed E-state index contributed by atoms with van der Waals surface area (Å²) in [6.07, 6.45) is 4.00. The van der Waals surface area contributed by atoms with Gasteiger partial charge in [0, 0.05) is 11.5 Å². The number of nitrogens with zero attached hydrogens (tertiary/aromatic N) is 1. The Labute approximate surface area is 231 Å². The van der Waals surface area contributed by atoms with E-state index < -0.39 is 5.82 Å². The molecular weight excluding hydrogens is 515 g/mol. The Morgan fingerprint density at radius 2 is 1.79 bits per heavy atom. The van der Waals surface area contributed by atoms with Crippen LogP contribution in [0.25, 0.3) is 21.3 Å². The Morgan fingerprint density at radius 3 is 2.54 bits per heavy atom. The van der Waals surface area contributed by atoms with Gasteiger partial charge in [-0.25, -0.2) is 9.37 Å². The summed E-state index contributed by atoms with van der Waals surface area (Å²) in [5.41, 5.74) is 3.19. The third-order valence-corrected chi connectivity index (χ3v) is 8.14. The van der Waals surface area contributed by atoms with Crippen LogP contribution in [-0.2, 0) is 9.53 Å². The van der Waals surface area contributed by atoms with Crippen molar-refractivity contribution in [2.24, 2.45) is 11.8 Å². The Kier molecular flexibility index (Phi) is 8.21. The SMILES string of the molecule is CCCCOC(=O)[C@@H]1CCC[C@H]1C(=O)c1ccc(-c2ccc(Nc3nc4ccc(OC)cc4s3)c(F)c2)cc1. The standard InChI is InChI=1S/C31H31FN2O4S/c1-3-4-16-38-30(36)24-7-5-6-23(24)29(35)20-10-8-19(9-11-20)21-12-14-26(25(32)17-21)33-31-34-27-15-13-22(37-2)18-28(27)39-31/h8-15,17-18,23-24H,3-7,16H2,1-2H3,(H,33,34)/t23-,24-/m1/s1. The van der Waals surface area contributed by atoms with Crippen LogP contribution in [0.1, 0.15) is 49.4 Å². The number of rotatable bonds is 10. The molecule has 1 N–H and O–H groups in total. The van der Waals surface area contributed by atoms with Gasteiger partial charge in [0.1, 0.15) is 11.6 Å². The number of methoxy groups -OCH3 is 1. The van der Waals surface area contributed by atoms with E-state index >= 15 is 4.39 Å². The molecule has 0 radical (unpaired) electrons. The summed E-state index contributed by atoms with van der Waals surface area (Å²) >= 11 is 1.42. The number of ketones is 1. The van der Waals surface area contributed by atoms with Crippen molar-refractivity contribution in [3.8, 4) is 16.9 Å². The number of benzene rings is 3. The second kappa shape index (κ2) is 11.9. The molecule has 6 nitrogen and oxygen atoms in total. The molecule has 4 aromatic rings. The fourth-order valence-corrected chi connectivity index (χ4v) is 5.92. The van der Waals surface area contributed by atoms with Gasteiger partial charge in [-0.1, -0.05) is 61.4 Å². The lowest BCUT2D eigenvalue weighted by molar-refractivity contribution is -0.149. The van der Waals surface area contributed by atoms with Crippen LogP contribution in [0.15, 0.2) is 60.7 Å². The molecule has 3 aromatic carbocycles. The number of anilines is 2. The van der Waals surface area contributed by atoms with Crippen molar-refractivity contribution >= 4 is 44.1 Å². The average Bonchev–Trinajstić information content (AvgIpc) is 3.60. The van der Waals surface area contributed by atoms with Gasteiger partial charge in [-0.3, -0.25) is 9.59 Å². The Balaban J connectivity index is 1.26. The minimum atomic E-state index is -0.403. The predicted octanol–water partition coefficient (Wildman–Crippen LogP) is 7.80. The normalized spacial score (nSPS) is 16.8. The lowest BCUT2D eigenvalue weighted by atomic mass is 9.88. The van der Waals surface area contributed by atoms with Crippen LogP contribution in [0.4, 0.5) is 15.2 Å². The molecule has 39 heavy (non-hydrogen) atoms. The molecule has 1 heterocycles. The molecule has 0 bridgehead atoms. The summed E-state index contributed by atoms with van der Waals surface area (Å²) in [5, 5.41) is 3.66. The van der Waals surface area contributed by atoms with Gasteiger partial charge in [-0.2, -0.15) is 0 Å². The van der Waals surface area contributed by atoms with Crippen LogP contribution in [0.3, 0.4) is 0 Å². The van der Waals surface area contributed by atoms with Crippen LogP contribution in [0.5, 0.6) is 5.75 Å². The van der Waals surface area contributed by atoms with E-state index in [1.165, 1.54) is 17.4 Å². The van der Waals surface area contributed by atoms with Crippen molar-refractivity contribution < 1.29 is 23.5 Å². The van der Waals surface area contributed by atoms with E-state index in [-0.39, 0.29) is 23.6 Å². The fraction of sp³-hybridized carbons (Fsp3) is 0.323. The predicted molar refractivity (Wildman–Crippen MR) is 152 cm³/mol. The zero-order chi connectivity index (χ0) is 27.4. The third-order valence-electron chi connectivity index (χ3n) is 7.21. The van der Waals surface area contributed by atoms with Gasteiger partial charge in [0.2, 0.25) is 0 Å². The monoisotopic (exact) mass is 546 g/mol. The first kappa shape index (κ1) is 26.8. The maximum absolute atomic E-state index is 15.0. The summed E-state index contributed by atoms with van der Waals surface area (Å²) in [5.74, 6) is -0.674. The quantitative estimate of drug-likeness (QED) is 0.124. The number of Topliss-reactive ketones (excluding diaryl/α,β-unsaturated/α-hetero) is 1. The topological polar surface area (TPSA) is 77.5 Å². The van der Waals surface area contributed by atoms with E-state index in [2.05, 4.69) is 10.3 Å². The molecule has 5 rings (SSSR count). The van der Waals surface area contributed by atoms with Gasteiger partial charge in [0.15, 0.2) is 10.9 Å². The van der Waals surface area contributed by atoms with Crippen molar-refractivity contribution in [2.75, 3.05) is 19.0 Å². The molecule has 0 spiro atoms. The number of fused-ring (bicyclic) bond motifs is 1. The highest BCUT2D eigenvalue weighted by Crippen LogP contribution is 2.36. The number of aromatic nitrogens is 1. The second-order valence-corrected chi connectivity index (χ2v) is 10.8. The van der Waals surface area contributed by atoms with Crippen molar-refractivity contribution in [1.82, 2.24) is 4.98 Å². The van der Waals surface area contributed by atoms with Crippen molar-refractivity contribution in [1.29, 1.82) is 0 Å². The summed E-state index contributed by atoms with van der Waals surface area (Å²) in [6, 6.07) is 17.8. The van der Waals surface area contributed by atoms with E-state index in [9.17, 15) is 9.59 Å². The number of carbonyl (C=O) groups is 2. The molecule has 8 heteroatoms. The first-order chi connectivity index (χ1) is 19.0. The second-order valence-electron chi connectivity index (χ2n) is 9.78. The van der Waals surface area contributed by atoms with Crippen LogP contribution < -0.4 is 10.1 Å². The van der Waals surface area contributed by atoms with Gasteiger partial charge >= 0.3 is 5.97 Å². The first-order valence-electron chi connectivity index (χ1n) is 13.3. The number of esters is 1. The van der Waals surface area contributed by atoms with Gasteiger partial charge in [0.05, 0.1) is 35.5 Å². The lowest BCUT2D eigenvalue weighted by Crippen LogP contribution is -2.27. The number of hydrogen-bond acceptors (Lipinski definition) is 7. The zero-order valence-electron chi connectivity index (χ0n) is 22.0. The molecule has 1 fully saturated rings. The van der Waals surface area contributed by atoms with Crippen molar-refractivity contribution in [3.63, 3.8) is 0 Å². The van der Waals surface area contributed by atoms with Crippen LogP contribution in [0, 0.1) is 17.7 Å². The Morgan fingerprint density at radius 1 is 1.03 bits per heavy atom. The van der Waals surface area contributed by atoms with E-state index in [0.717, 1.165) is 40.8 Å². The Bertz CT molecular complexity index is 1480. The van der Waals surface area contributed by atoms with E-state index in [0.29, 0.717) is 41.4 Å². The molecule has 1 saturated carbocycles. The van der Waals surface area contributed by atoms with Gasteiger partial charge in [0.25, 0.3) is 0 Å². The third kappa shape index (κ3) is 5.96. The number of hydrogen-bond donors (Lipinski definition) is 1. The van der Waals surface area contributed by atoms with Crippen LogP contribution in [0.2, 0.25) is 0 Å². The molecule has 0 saturated heterocycles. The van der Waals surface area contributed by atoms with Crippen molar-refractivity contribution in [2.45, 2.75) is 39.0 Å². The molecule has 1 aromatic heterocycles. The smallest absolute Gasteiger partial charge is 0.309 e. The van der Waals surface area contributed by atoms with Crippen LogP contribution >= 0.6 is 11.3 Å². The maximum atomic E-state index is 15.0. The number of halogens is 1. The summed E-state index contributed by atoms with van der Waals surface area (Å²) in [6.45, 7) is 2.45.